The van der Waals surface area contributed by atoms with Crippen LogP contribution in [0.3, 0.4) is 0 Å². The Bertz CT molecular complexity index is 747. The number of rotatable bonds is 2. The van der Waals surface area contributed by atoms with Crippen molar-refractivity contribution >= 4 is 34.0 Å². The molecule has 0 aliphatic carbocycles. The molecule has 0 amide bonds. The van der Waals surface area contributed by atoms with Gasteiger partial charge in [0.25, 0.3) is 0 Å². The first-order valence-electron chi connectivity index (χ1n) is 8.25. The first kappa shape index (κ1) is 17.1. The van der Waals surface area contributed by atoms with Crippen molar-refractivity contribution in [2.45, 2.75) is 20.8 Å². The highest BCUT2D eigenvalue weighted by Crippen LogP contribution is 2.30. The molecule has 1 saturated heterocycles. The van der Waals surface area contributed by atoms with Gasteiger partial charge in [-0.15, -0.1) is 5.06 Å². The number of nitrogens with zero attached hydrogens (tertiary/aromatic N) is 2. The second-order valence-electron chi connectivity index (χ2n) is 7.19. The Morgan fingerprint density at radius 1 is 1.08 bits per heavy atom. The van der Waals surface area contributed by atoms with E-state index < -0.39 is 5.41 Å². The highest BCUT2D eigenvalue weighted by Gasteiger charge is 2.28. The van der Waals surface area contributed by atoms with Crippen LogP contribution in [0.25, 0.3) is 10.8 Å². The third-order valence-electron chi connectivity index (χ3n) is 4.22. The summed E-state index contributed by atoms with van der Waals surface area (Å²) < 4.78 is 0. The van der Waals surface area contributed by atoms with Crippen molar-refractivity contribution < 1.29 is 9.63 Å². The van der Waals surface area contributed by atoms with Gasteiger partial charge in [0.15, 0.2) is 0 Å². The van der Waals surface area contributed by atoms with Gasteiger partial charge in [0.1, 0.15) is 0 Å². The van der Waals surface area contributed by atoms with Crippen LogP contribution in [0.1, 0.15) is 20.8 Å². The minimum Gasteiger partial charge on any atom is -0.368 e. The number of anilines is 1. The molecule has 0 N–H and O–H groups in total. The predicted octanol–water partition coefficient (Wildman–Crippen LogP) is 4.12. The molecule has 1 aliphatic rings. The molecule has 1 heterocycles. The van der Waals surface area contributed by atoms with Gasteiger partial charge in [0.05, 0.1) is 18.5 Å². The molecule has 0 unspecified atom stereocenters. The molecule has 0 radical (unpaired) electrons. The molecule has 128 valence electrons. The highest BCUT2D eigenvalue weighted by atomic mass is 35.5. The van der Waals surface area contributed by atoms with Crippen molar-refractivity contribution in [1.82, 2.24) is 5.06 Å². The number of halogens is 1. The first-order chi connectivity index (χ1) is 11.3. The molecule has 2 aromatic carbocycles. The summed E-state index contributed by atoms with van der Waals surface area (Å²) in [5.41, 5.74) is 0.695. The Morgan fingerprint density at radius 2 is 1.79 bits per heavy atom. The summed E-state index contributed by atoms with van der Waals surface area (Å²) in [6.45, 7) is 8.60. The van der Waals surface area contributed by atoms with Gasteiger partial charge in [-0.25, -0.2) is 4.79 Å². The molecule has 1 aliphatic heterocycles. The predicted molar refractivity (Wildman–Crippen MR) is 98.3 cm³/mol. The number of benzene rings is 2. The monoisotopic (exact) mass is 346 g/mol. The molecule has 1 fully saturated rings. The minimum absolute atomic E-state index is 0.187. The fraction of sp³-hybridized carbons (Fsp3) is 0.421. The van der Waals surface area contributed by atoms with Gasteiger partial charge in [-0.1, -0.05) is 29.8 Å². The lowest BCUT2D eigenvalue weighted by Gasteiger charge is -2.36. The summed E-state index contributed by atoms with van der Waals surface area (Å²) in [5, 5.41) is 4.85. The number of hydrogen-bond acceptors (Lipinski definition) is 4. The lowest BCUT2D eigenvalue weighted by atomic mass is 9.98. The summed E-state index contributed by atoms with van der Waals surface area (Å²) in [5.74, 6) is -0.187. The third kappa shape index (κ3) is 3.65. The van der Waals surface area contributed by atoms with E-state index in [1.54, 1.807) is 5.06 Å². The van der Waals surface area contributed by atoms with Crippen LogP contribution in [0.2, 0.25) is 5.02 Å². The van der Waals surface area contributed by atoms with E-state index in [0.29, 0.717) is 13.1 Å². The van der Waals surface area contributed by atoms with Crippen LogP contribution in [0.4, 0.5) is 5.69 Å². The maximum absolute atomic E-state index is 12.0. The zero-order valence-corrected chi connectivity index (χ0v) is 15.1. The van der Waals surface area contributed by atoms with Crippen LogP contribution in [-0.4, -0.2) is 37.2 Å². The summed E-state index contributed by atoms with van der Waals surface area (Å²) in [6.07, 6.45) is 0. The van der Waals surface area contributed by atoms with Gasteiger partial charge in [0, 0.05) is 29.2 Å². The maximum Gasteiger partial charge on any atom is 0.330 e. The molecule has 5 heteroatoms. The fourth-order valence-corrected chi connectivity index (χ4v) is 2.95. The summed E-state index contributed by atoms with van der Waals surface area (Å²) in [6, 6.07) is 12.3. The Kier molecular flexibility index (Phi) is 4.70. The number of carbonyl (C=O) groups is 1. The average molecular weight is 347 g/mol. The van der Waals surface area contributed by atoms with Gasteiger partial charge in [-0.3, -0.25) is 0 Å². The SMILES string of the molecule is CC(C)(C)C(=O)ON1CCN(c2cccc3ccc(Cl)cc23)CC1. The zero-order valence-electron chi connectivity index (χ0n) is 14.4. The molecule has 0 saturated carbocycles. The van der Waals surface area contributed by atoms with E-state index in [9.17, 15) is 4.79 Å². The number of fused-ring (bicyclic) bond motifs is 1. The smallest absolute Gasteiger partial charge is 0.330 e. The van der Waals surface area contributed by atoms with E-state index in [0.717, 1.165) is 23.5 Å². The maximum atomic E-state index is 12.0. The van der Waals surface area contributed by atoms with Crippen molar-refractivity contribution in [1.29, 1.82) is 0 Å². The van der Waals surface area contributed by atoms with E-state index in [1.165, 1.54) is 11.1 Å². The van der Waals surface area contributed by atoms with Crippen LogP contribution in [-0.2, 0) is 9.63 Å². The van der Waals surface area contributed by atoms with Gasteiger partial charge < -0.3 is 9.74 Å². The summed E-state index contributed by atoms with van der Waals surface area (Å²) >= 11 is 6.17. The summed E-state index contributed by atoms with van der Waals surface area (Å²) in [7, 11) is 0. The average Bonchev–Trinajstić information content (AvgIpc) is 2.54. The second-order valence-corrected chi connectivity index (χ2v) is 7.62. The largest absolute Gasteiger partial charge is 0.368 e. The van der Waals surface area contributed by atoms with Crippen LogP contribution in [0.5, 0.6) is 0 Å². The van der Waals surface area contributed by atoms with E-state index in [-0.39, 0.29) is 5.97 Å². The highest BCUT2D eigenvalue weighted by molar-refractivity contribution is 6.31. The quantitative estimate of drug-likeness (QED) is 0.819. The van der Waals surface area contributed by atoms with Crippen molar-refractivity contribution in [2.24, 2.45) is 5.41 Å². The molecule has 2 aromatic rings. The van der Waals surface area contributed by atoms with E-state index in [1.807, 2.05) is 39.0 Å². The molecule has 0 spiro atoms. The Balaban J connectivity index is 1.71. The lowest BCUT2D eigenvalue weighted by molar-refractivity contribution is -0.201. The number of piperazine rings is 1. The van der Waals surface area contributed by atoms with Crippen LogP contribution in [0, 0.1) is 5.41 Å². The van der Waals surface area contributed by atoms with E-state index in [2.05, 4.69) is 23.1 Å². The fourth-order valence-electron chi connectivity index (χ4n) is 2.78. The molecular formula is C19H23ClN2O2. The molecule has 0 atom stereocenters. The lowest BCUT2D eigenvalue weighted by Crippen LogP contribution is -2.48. The standard InChI is InChI=1S/C19H23ClN2O2/c1-19(2,3)18(23)24-22-11-9-21(10-12-22)17-6-4-5-14-7-8-15(20)13-16(14)17/h4-8,13H,9-12H2,1-3H3. The van der Waals surface area contributed by atoms with Crippen LogP contribution < -0.4 is 4.90 Å². The topological polar surface area (TPSA) is 32.8 Å². The molecule has 3 rings (SSSR count). The molecule has 24 heavy (non-hydrogen) atoms. The number of carbonyl (C=O) groups excluding carboxylic acids is 1. The molecule has 0 aromatic heterocycles. The second kappa shape index (κ2) is 6.61. The van der Waals surface area contributed by atoms with Gasteiger partial charge in [-0.05, 0) is 44.4 Å². The third-order valence-corrected chi connectivity index (χ3v) is 4.46. The zero-order chi connectivity index (χ0) is 17.3. The van der Waals surface area contributed by atoms with Gasteiger partial charge in [-0.2, -0.15) is 0 Å². The van der Waals surface area contributed by atoms with E-state index >= 15 is 0 Å². The minimum atomic E-state index is -0.483. The van der Waals surface area contributed by atoms with E-state index in [4.69, 9.17) is 16.4 Å². The Labute approximate surface area is 147 Å². The van der Waals surface area contributed by atoms with Crippen LogP contribution >= 0.6 is 11.6 Å². The molecule has 4 nitrogen and oxygen atoms in total. The van der Waals surface area contributed by atoms with Gasteiger partial charge >= 0.3 is 5.97 Å². The first-order valence-corrected chi connectivity index (χ1v) is 8.63. The number of hydrogen-bond donors (Lipinski definition) is 0. The molecular weight excluding hydrogens is 324 g/mol. The number of hydroxylamine groups is 2. The van der Waals surface area contributed by atoms with Crippen molar-refractivity contribution in [2.75, 3.05) is 31.1 Å². The summed E-state index contributed by atoms with van der Waals surface area (Å²) in [4.78, 5) is 19.8. The van der Waals surface area contributed by atoms with Crippen molar-refractivity contribution in [3.05, 3.63) is 41.4 Å². The normalized spacial score (nSPS) is 16.4. The van der Waals surface area contributed by atoms with Gasteiger partial charge in [0.2, 0.25) is 0 Å². The van der Waals surface area contributed by atoms with Crippen LogP contribution in [0.15, 0.2) is 36.4 Å². The van der Waals surface area contributed by atoms with Crippen molar-refractivity contribution in [3.8, 4) is 0 Å². The van der Waals surface area contributed by atoms with Crippen molar-refractivity contribution in [3.63, 3.8) is 0 Å². The molecule has 0 bridgehead atoms. The Hall–Kier alpha value is -1.78. The Morgan fingerprint density at radius 3 is 2.46 bits per heavy atom.